The first-order chi connectivity index (χ1) is 8.50. The molecular formula is C12H20N4O2. The van der Waals surface area contributed by atoms with Crippen LogP contribution >= 0.6 is 0 Å². The highest BCUT2D eigenvalue weighted by molar-refractivity contribution is 5.46. The summed E-state index contributed by atoms with van der Waals surface area (Å²) in [5.41, 5.74) is 0.693. The SMILES string of the molecule is Cc1cc(NCCCCN(C)C)ncc1[N+](=O)[O-]. The smallest absolute Gasteiger partial charge is 0.290 e. The Bertz CT molecular complexity index is 407. The molecule has 0 saturated carbocycles. The van der Waals surface area contributed by atoms with E-state index in [4.69, 9.17) is 0 Å². The van der Waals surface area contributed by atoms with Crippen LogP contribution in [0.2, 0.25) is 0 Å². The summed E-state index contributed by atoms with van der Waals surface area (Å²) in [5.74, 6) is 0.697. The van der Waals surface area contributed by atoms with E-state index in [0.29, 0.717) is 11.4 Å². The maximum absolute atomic E-state index is 10.6. The summed E-state index contributed by atoms with van der Waals surface area (Å²) < 4.78 is 0. The summed E-state index contributed by atoms with van der Waals surface area (Å²) in [6, 6.07) is 1.71. The molecule has 0 amide bonds. The number of nitrogens with zero attached hydrogens (tertiary/aromatic N) is 3. The van der Waals surface area contributed by atoms with Gasteiger partial charge in [0.1, 0.15) is 12.0 Å². The molecule has 18 heavy (non-hydrogen) atoms. The van der Waals surface area contributed by atoms with E-state index < -0.39 is 4.92 Å². The lowest BCUT2D eigenvalue weighted by molar-refractivity contribution is -0.385. The Kier molecular flexibility index (Phi) is 5.51. The molecule has 0 aliphatic rings. The van der Waals surface area contributed by atoms with Crippen molar-refractivity contribution >= 4 is 11.5 Å². The number of nitrogens with one attached hydrogen (secondary N) is 1. The Morgan fingerprint density at radius 1 is 1.44 bits per heavy atom. The van der Waals surface area contributed by atoms with Gasteiger partial charge in [-0.05, 0) is 46.5 Å². The number of hydrogen-bond donors (Lipinski definition) is 1. The van der Waals surface area contributed by atoms with Crippen molar-refractivity contribution in [2.75, 3.05) is 32.5 Å². The van der Waals surface area contributed by atoms with Crippen molar-refractivity contribution in [1.29, 1.82) is 0 Å². The van der Waals surface area contributed by atoms with Crippen molar-refractivity contribution in [1.82, 2.24) is 9.88 Å². The zero-order valence-corrected chi connectivity index (χ0v) is 11.1. The lowest BCUT2D eigenvalue weighted by Crippen LogP contribution is -2.14. The van der Waals surface area contributed by atoms with Gasteiger partial charge in [-0.1, -0.05) is 0 Å². The van der Waals surface area contributed by atoms with Gasteiger partial charge in [-0.2, -0.15) is 0 Å². The fraction of sp³-hybridized carbons (Fsp3) is 0.583. The third-order valence-corrected chi connectivity index (χ3v) is 2.62. The van der Waals surface area contributed by atoms with Gasteiger partial charge in [0.2, 0.25) is 0 Å². The average Bonchev–Trinajstić information content (AvgIpc) is 2.27. The van der Waals surface area contributed by atoms with Gasteiger partial charge in [-0.15, -0.1) is 0 Å². The molecule has 0 saturated heterocycles. The number of pyridine rings is 1. The van der Waals surface area contributed by atoms with Crippen molar-refractivity contribution in [3.05, 3.63) is 27.9 Å². The Morgan fingerprint density at radius 2 is 2.17 bits per heavy atom. The second-order valence-electron chi connectivity index (χ2n) is 4.55. The normalized spacial score (nSPS) is 10.7. The molecule has 6 nitrogen and oxygen atoms in total. The predicted molar refractivity (Wildman–Crippen MR) is 71.9 cm³/mol. The zero-order valence-electron chi connectivity index (χ0n) is 11.1. The van der Waals surface area contributed by atoms with Crippen LogP contribution in [0.5, 0.6) is 0 Å². The third kappa shape index (κ3) is 4.67. The molecule has 100 valence electrons. The summed E-state index contributed by atoms with van der Waals surface area (Å²) in [4.78, 5) is 16.4. The first kappa shape index (κ1) is 14.4. The monoisotopic (exact) mass is 252 g/mol. The number of hydrogen-bond acceptors (Lipinski definition) is 5. The quantitative estimate of drug-likeness (QED) is 0.457. The Hall–Kier alpha value is -1.69. The standard InChI is InChI=1S/C12H20N4O2/c1-10-8-12(14-9-11(10)16(17)18)13-6-4-5-7-15(2)3/h8-9H,4-7H2,1-3H3,(H,13,14). The van der Waals surface area contributed by atoms with Crippen LogP contribution in [0, 0.1) is 17.0 Å². The van der Waals surface area contributed by atoms with Crippen molar-refractivity contribution in [2.24, 2.45) is 0 Å². The highest BCUT2D eigenvalue weighted by atomic mass is 16.6. The molecule has 0 aliphatic heterocycles. The minimum absolute atomic E-state index is 0.0631. The molecule has 0 atom stereocenters. The number of anilines is 1. The summed E-state index contributed by atoms with van der Waals surface area (Å²) >= 11 is 0. The van der Waals surface area contributed by atoms with Crippen LogP contribution in [-0.2, 0) is 0 Å². The maximum Gasteiger partial charge on any atom is 0.290 e. The molecular weight excluding hydrogens is 232 g/mol. The molecule has 0 aromatic carbocycles. The van der Waals surface area contributed by atoms with Crippen LogP contribution in [-0.4, -0.2) is 42.0 Å². The van der Waals surface area contributed by atoms with Crippen molar-refractivity contribution in [3.8, 4) is 0 Å². The molecule has 1 N–H and O–H groups in total. The van der Waals surface area contributed by atoms with Crippen molar-refractivity contribution < 1.29 is 4.92 Å². The summed E-state index contributed by atoms with van der Waals surface area (Å²) in [5, 5.41) is 13.8. The number of rotatable bonds is 7. The summed E-state index contributed by atoms with van der Waals surface area (Å²) in [6.07, 6.45) is 3.47. The van der Waals surface area contributed by atoms with Gasteiger partial charge in [-0.3, -0.25) is 10.1 Å². The van der Waals surface area contributed by atoms with Crippen LogP contribution in [0.1, 0.15) is 18.4 Å². The van der Waals surface area contributed by atoms with E-state index in [9.17, 15) is 10.1 Å². The van der Waals surface area contributed by atoms with Crippen LogP contribution in [0.4, 0.5) is 11.5 Å². The molecule has 0 radical (unpaired) electrons. The molecule has 1 aromatic rings. The molecule has 1 aromatic heterocycles. The fourth-order valence-electron chi connectivity index (χ4n) is 1.61. The number of nitro groups is 1. The largest absolute Gasteiger partial charge is 0.370 e. The lowest BCUT2D eigenvalue weighted by Gasteiger charge is -2.09. The number of aryl methyl sites for hydroxylation is 1. The molecule has 1 rings (SSSR count). The Balaban J connectivity index is 2.39. The van der Waals surface area contributed by atoms with E-state index in [1.54, 1.807) is 13.0 Å². The van der Waals surface area contributed by atoms with E-state index >= 15 is 0 Å². The van der Waals surface area contributed by atoms with E-state index in [2.05, 4.69) is 29.3 Å². The van der Waals surface area contributed by atoms with Gasteiger partial charge in [0.25, 0.3) is 5.69 Å². The highest BCUT2D eigenvalue weighted by Crippen LogP contribution is 2.18. The molecule has 0 fully saturated rings. The first-order valence-corrected chi connectivity index (χ1v) is 6.00. The second-order valence-corrected chi connectivity index (χ2v) is 4.55. The summed E-state index contributed by atoms with van der Waals surface area (Å²) in [6.45, 7) is 3.61. The molecule has 1 heterocycles. The number of unbranched alkanes of at least 4 members (excludes halogenated alkanes) is 1. The van der Waals surface area contributed by atoms with Gasteiger partial charge in [0.05, 0.1) is 4.92 Å². The highest BCUT2D eigenvalue weighted by Gasteiger charge is 2.10. The molecule has 0 spiro atoms. The van der Waals surface area contributed by atoms with Gasteiger partial charge >= 0.3 is 0 Å². The maximum atomic E-state index is 10.6. The van der Waals surface area contributed by atoms with Crippen molar-refractivity contribution in [3.63, 3.8) is 0 Å². The fourth-order valence-corrected chi connectivity index (χ4v) is 1.61. The lowest BCUT2D eigenvalue weighted by atomic mass is 10.2. The van der Waals surface area contributed by atoms with Gasteiger partial charge in [0.15, 0.2) is 0 Å². The predicted octanol–water partition coefficient (Wildman–Crippen LogP) is 2.05. The molecule has 0 bridgehead atoms. The average molecular weight is 252 g/mol. The molecule has 0 unspecified atom stereocenters. The molecule has 0 aliphatic carbocycles. The van der Waals surface area contributed by atoms with Crippen molar-refractivity contribution in [2.45, 2.75) is 19.8 Å². The van der Waals surface area contributed by atoms with Crippen LogP contribution in [0.15, 0.2) is 12.3 Å². The summed E-state index contributed by atoms with van der Waals surface area (Å²) in [7, 11) is 4.10. The molecule has 6 heteroatoms. The topological polar surface area (TPSA) is 71.3 Å². The number of aromatic nitrogens is 1. The Morgan fingerprint density at radius 3 is 2.72 bits per heavy atom. The van der Waals surface area contributed by atoms with Crippen LogP contribution in [0.25, 0.3) is 0 Å². The Labute approximate surface area is 107 Å². The zero-order chi connectivity index (χ0) is 13.5. The van der Waals surface area contributed by atoms with Gasteiger partial charge < -0.3 is 10.2 Å². The van der Waals surface area contributed by atoms with E-state index in [1.807, 2.05) is 0 Å². The minimum atomic E-state index is -0.413. The van der Waals surface area contributed by atoms with E-state index in [1.165, 1.54) is 6.20 Å². The first-order valence-electron chi connectivity index (χ1n) is 6.00. The van der Waals surface area contributed by atoms with E-state index in [-0.39, 0.29) is 5.69 Å². The van der Waals surface area contributed by atoms with E-state index in [0.717, 1.165) is 25.9 Å². The van der Waals surface area contributed by atoms with Crippen LogP contribution < -0.4 is 5.32 Å². The third-order valence-electron chi connectivity index (χ3n) is 2.62. The second kappa shape index (κ2) is 6.90. The van der Waals surface area contributed by atoms with Gasteiger partial charge in [0, 0.05) is 12.1 Å². The van der Waals surface area contributed by atoms with Gasteiger partial charge in [-0.25, -0.2) is 4.98 Å². The van der Waals surface area contributed by atoms with Crippen LogP contribution in [0.3, 0.4) is 0 Å². The minimum Gasteiger partial charge on any atom is -0.370 e.